The van der Waals surface area contributed by atoms with Crippen molar-refractivity contribution in [3.63, 3.8) is 0 Å². The summed E-state index contributed by atoms with van der Waals surface area (Å²) in [5.41, 5.74) is 5.24. The number of halogens is 1. The highest BCUT2D eigenvalue weighted by atomic mass is 35.5. The number of fused-ring (bicyclic) bond motifs is 1. The van der Waals surface area contributed by atoms with Crippen LogP contribution in [0.2, 0.25) is 5.02 Å². The van der Waals surface area contributed by atoms with Crippen LogP contribution in [0.5, 0.6) is 0 Å². The minimum atomic E-state index is 0.714. The van der Waals surface area contributed by atoms with Gasteiger partial charge in [-0.3, -0.25) is 4.90 Å². The zero-order valence-electron chi connectivity index (χ0n) is 15.7. The molecular weight excluding hydrogens is 384 g/mol. The van der Waals surface area contributed by atoms with Crippen molar-refractivity contribution in [2.24, 2.45) is 0 Å². The van der Waals surface area contributed by atoms with Crippen molar-refractivity contribution >= 4 is 11.6 Å². The molecule has 7 heteroatoms. The molecule has 29 heavy (non-hydrogen) atoms. The van der Waals surface area contributed by atoms with Crippen molar-refractivity contribution < 1.29 is 0 Å². The van der Waals surface area contributed by atoms with Gasteiger partial charge in [0.1, 0.15) is 0 Å². The van der Waals surface area contributed by atoms with E-state index < -0.39 is 0 Å². The van der Waals surface area contributed by atoms with Crippen molar-refractivity contribution in [2.75, 3.05) is 6.54 Å². The number of hydrogen-bond donors (Lipinski definition) is 0. The molecule has 0 spiro atoms. The van der Waals surface area contributed by atoms with E-state index in [4.69, 9.17) is 16.6 Å². The predicted octanol–water partition coefficient (Wildman–Crippen LogP) is 3.94. The van der Waals surface area contributed by atoms with E-state index in [0.717, 1.165) is 54.5 Å². The van der Waals surface area contributed by atoms with Gasteiger partial charge in [-0.15, -0.1) is 5.10 Å². The van der Waals surface area contributed by atoms with E-state index in [1.807, 2.05) is 71.7 Å². The van der Waals surface area contributed by atoms with E-state index in [1.54, 1.807) is 0 Å². The summed E-state index contributed by atoms with van der Waals surface area (Å²) in [6, 6.07) is 17.7. The second-order valence-corrected chi connectivity index (χ2v) is 7.56. The maximum atomic E-state index is 5.98. The molecule has 0 fully saturated rings. The van der Waals surface area contributed by atoms with Gasteiger partial charge in [-0.05, 0) is 36.4 Å². The number of aromatic nitrogens is 5. The van der Waals surface area contributed by atoms with Gasteiger partial charge >= 0.3 is 0 Å². The summed E-state index contributed by atoms with van der Waals surface area (Å²) in [4.78, 5) is 11.7. The molecule has 1 aliphatic rings. The fraction of sp³-hybridized carbons (Fsp3) is 0.182. The largest absolute Gasteiger partial charge is 0.293 e. The maximum Gasteiger partial charge on any atom is 0.159 e. The first-order valence-electron chi connectivity index (χ1n) is 9.54. The SMILES string of the molecule is Clc1ccc(-c2ncc3c(n2)CCN(Cc2cn(-c4ccccc4)nn2)C3)cc1. The van der Waals surface area contributed by atoms with Gasteiger partial charge < -0.3 is 0 Å². The zero-order chi connectivity index (χ0) is 19.6. The highest BCUT2D eigenvalue weighted by Gasteiger charge is 2.20. The lowest BCUT2D eigenvalue weighted by Crippen LogP contribution is -2.31. The van der Waals surface area contributed by atoms with Gasteiger partial charge in [-0.2, -0.15) is 0 Å². The smallest absolute Gasteiger partial charge is 0.159 e. The standard InChI is InChI=1S/C22H19ClN6/c23-18-8-6-16(7-9-18)22-24-12-17-13-28(11-10-21(17)25-22)14-19-15-29(27-26-19)20-4-2-1-3-5-20/h1-9,12,15H,10-11,13-14H2. The second kappa shape index (κ2) is 7.73. The van der Waals surface area contributed by atoms with Crippen LogP contribution in [0.3, 0.4) is 0 Å². The summed E-state index contributed by atoms with van der Waals surface area (Å²) in [5.74, 6) is 0.750. The zero-order valence-corrected chi connectivity index (χ0v) is 16.5. The maximum absolute atomic E-state index is 5.98. The molecule has 0 bridgehead atoms. The van der Waals surface area contributed by atoms with Gasteiger partial charge in [0.2, 0.25) is 0 Å². The van der Waals surface area contributed by atoms with Crippen LogP contribution in [0.25, 0.3) is 17.1 Å². The molecule has 0 atom stereocenters. The number of benzene rings is 2. The Morgan fingerprint density at radius 3 is 2.66 bits per heavy atom. The Morgan fingerprint density at radius 2 is 1.83 bits per heavy atom. The van der Waals surface area contributed by atoms with Crippen molar-refractivity contribution in [1.29, 1.82) is 0 Å². The molecule has 1 aliphatic heterocycles. The van der Waals surface area contributed by atoms with E-state index in [2.05, 4.69) is 20.2 Å². The minimum absolute atomic E-state index is 0.714. The van der Waals surface area contributed by atoms with Gasteiger partial charge in [0, 0.05) is 48.4 Å². The van der Waals surface area contributed by atoms with Gasteiger partial charge in [0.25, 0.3) is 0 Å². The molecule has 2 aromatic heterocycles. The second-order valence-electron chi connectivity index (χ2n) is 7.12. The highest BCUT2D eigenvalue weighted by Crippen LogP contribution is 2.23. The van der Waals surface area contributed by atoms with Gasteiger partial charge in [0.15, 0.2) is 5.82 Å². The average Bonchev–Trinajstić information content (AvgIpc) is 3.23. The van der Waals surface area contributed by atoms with Crippen LogP contribution in [-0.2, 0) is 19.5 Å². The number of hydrogen-bond acceptors (Lipinski definition) is 5. The third-order valence-electron chi connectivity index (χ3n) is 5.06. The Kier molecular flexibility index (Phi) is 4.79. The molecule has 4 aromatic rings. The Labute approximate surface area is 173 Å². The molecule has 6 nitrogen and oxygen atoms in total. The summed E-state index contributed by atoms with van der Waals surface area (Å²) in [6.07, 6.45) is 4.83. The van der Waals surface area contributed by atoms with Crippen LogP contribution in [0.4, 0.5) is 0 Å². The summed E-state index contributed by atoms with van der Waals surface area (Å²) in [5, 5.41) is 9.30. The van der Waals surface area contributed by atoms with Crippen molar-refractivity contribution in [3.8, 4) is 17.1 Å². The fourth-order valence-corrected chi connectivity index (χ4v) is 3.68. The summed E-state index contributed by atoms with van der Waals surface area (Å²) >= 11 is 5.98. The fourth-order valence-electron chi connectivity index (χ4n) is 3.55. The van der Waals surface area contributed by atoms with Crippen LogP contribution in [0.15, 0.2) is 67.0 Å². The lowest BCUT2D eigenvalue weighted by atomic mass is 10.1. The Balaban J connectivity index is 1.29. The summed E-state index contributed by atoms with van der Waals surface area (Å²) < 4.78 is 1.81. The molecule has 0 radical (unpaired) electrons. The van der Waals surface area contributed by atoms with Crippen LogP contribution in [0, 0.1) is 0 Å². The Hall–Kier alpha value is -3.09. The third kappa shape index (κ3) is 3.90. The van der Waals surface area contributed by atoms with Crippen LogP contribution >= 0.6 is 11.6 Å². The monoisotopic (exact) mass is 402 g/mol. The summed E-state index contributed by atoms with van der Waals surface area (Å²) in [7, 11) is 0. The molecule has 0 saturated carbocycles. The van der Waals surface area contributed by atoms with Gasteiger partial charge in [-0.1, -0.05) is 35.0 Å². The van der Waals surface area contributed by atoms with E-state index in [1.165, 1.54) is 5.56 Å². The molecule has 2 aromatic carbocycles. The number of nitrogens with zero attached hydrogens (tertiary/aromatic N) is 6. The molecule has 5 rings (SSSR count). The molecule has 0 N–H and O–H groups in total. The molecule has 0 saturated heterocycles. The lowest BCUT2D eigenvalue weighted by molar-refractivity contribution is 0.240. The predicted molar refractivity (Wildman–Crippen MR) is 112 cm³/mol. The Bertz CT molecular complexity index is 1120. The van der Waals surface area contributed by atoms with Crippen LogP contribution in [-0.4, -0.2) is 36.4 Å². The molecule has 0 unspecified atom stereocenters. The molecular formula is C22H19ClN6. The van der Waals surface area contributed by atoms with Crippen molar-refractivity contribution in [3.05, 3.63) is 89.0 Å². The number of para-hydroxylation sites is 1. The van der Waals surface area contributed by atoms with E-state index >= 15 is 0 Å². The van der Waals surface area contributed by atoms with Crippen LogP contribution < -0.4 is 0 Å². The highest BCUT2D eigenvalue weighted by molar-refractivity contribution is 6.30. The molecule has 144 valence electrons. The normalized spacial score (nSPS) is 14.0. The average molecular weight is 403 g/mol. The third-order valence-corrected chi connectivity index (χ3v) is 5.31. The lowest BCUT2D eigenvalue weighted by Gasteiger charge is -2.27. The van der Waals surface area contributed by atoms with E-state index in [-0.39, 0.29) is 0 Å². The van der Waals surface area contributed by atoms with E-state index in [0.29, 0.717) is 5.02 Å². The topological polar surface area (TPSA) is 59.7 Å². The first kappa shape index (κ1) is 18.0. The molecule has 0 aliphatic carbocycles. The van der Waals surface area contributed by atoms with E-state index in [9.17, 15) is 0 Å². The quantitative estimate of drug-likeness (QED) is 0.517. The first-order chi connectivity index (χ1) is 14.2. The minimum Gasteiger partial charge on any atom is -0.293 e. The molecule has 3 heterocycles. The first-order valence-corrected chi connectivity index (χ1v) is 9.92. The van der Waals surface area contributed by atoms with Gasteiger partial charge in [-0.25, -0.2) is 14.6 Å². The van der Waals surface area contributed by atoms with Crippen LogP contribution in [0.1, 0.15) is 17.0 Å². The Morgan fingerprint density at radius 1 is 1.00 bits per heavy atom. The molecule has 0 amide bonds. The van der Waals surface area contributed by atoms with Crippen molar-refractivity contribution in [2.45, 2.75) is 19.5 Å². The van der Waals surface area contributed by atoms with Gasteiger partial charge in [0.05, 0.1) is 23.3 Å². The number of rotatable bonds is 4. The summed E-state index contributed by atoms with van der Waals surface area (Å²) in [6.45, 7) is 2.50. The van der Waals surface area contributed by atoms with Crippen molar-refractivity contribution in [1.82, 2.24) is 29.9 Å².